The molecule has 1 heterocycles. The Morgan fingerprint density at radius 2 is 1.85 bits per heavy atom. The first-order valence-electron chi connectivity index (χ1n) is 7.43. The largest absolute Gasteiger partial charge is 0.506 e. The maximum absolute atomic E-state index is 12.4. The fourth-order valence-electron chi connectivity index (χ4n) is 2.53. The lowest BCUT2D eigenvalue weighted by Gasteiger charge is -2.11. The maximum atomic E-state index is 12.4. The van der Waals surface area contributed by atoms with E-state index in [1.807, 2.05) is 30.3 Å². The Hall–Kier alpha value is -2.90. The van der Waals surface area contributed by atoms with Gasteiger partial charge in [0.2, 0.25) is 4.74 Å². The number of amides is 1. The van der Waals surface area contributed by atoms with Crippen molar-refractivity contribution in [3.05, 3.63) is 62.6 Å². The minimum atomic E-state index is -1.26. The van der Waals surface area contributed by atoms with Crippen LogP contribution in [0.5, 0.6) is 5.75 Å². The lowest BCUT2D eigenvalue weighted by atomic mass is 10.0. The molecule has 3 aromatic rings. The van der Waals surface area contributed by atoms with Crippen molar-refractivity contribution in [3.63, 3.8) is 0 Å². The van der Waals surface area contributed by atoms with Gasteiger partial charge in [-0.1, -0.05) is 53.3 Å². The van der Waals surface area contributed by atoms with Gasteiger partial charge in [0, 0.05) is 20.7 Å². The number of carbonyl (C=O) groups is 2. The summed E-state index contributed by atoms with van der Waals surface area (Å²) in [6, 6.07) is 12.3. The Kier molecular flexibility index (Phi) is 4.92. The van der Waals surface area contributed by atoms with E-state index >= 15 is 0 Å². The van der Waals surface area contributed by atoms with Crippen LogP contribution in [0.1, 0.15) is 10.4 Å². The van der Waals surface area contributed by atoms with Gasteiger partial charge < -0.3 is 15.5 Å². The van der Waals surface area contributed by atoms with Gasteiger partial charge in [-0.3, -0.25) is 14.4 Å². The molecule has 0 aliphatic heterocycles. The minimum Gasteiger partial charge on any atom is -0.506 e. The Morgan fingerprint density at radius 3 is 2.50 bits per heavy atom. The molecule has 0 saturated carbocycles. The van der Waals surface area contributed by atoms with Crippen LogP contribution in [0.4, 0.5) is 0 Å². The molecule has 26 heavy (non-hydrogen) atoms. The van der Waals surface area contributed by atoms with Crippen molar-refractivity contribution < 1.29 is 19.8 Å². The number of fused-ring (bicyclic) bond motifs is 1. The van der Waals surface area contributed by atoms with Crippen LogP contribution in [-0.4, -0.2) is 28.6 Å². The van der Waals surface area contributed by atoms with E-state index in [-0.39, 0.29) is 5.39 Å². The number of carboxylic acids is 1. The first kappa shape index (κ1) is 17.9. The zero-order valence-electron chi connectivity index (χ0n) is 13.2. The molecule has 132 valence electrons. The van der Waals surface area contributed by atoms with Crippen LogP contribution in [-0.2, 0) is 4.79 Å². The molecule has 0 unspecified atom stereocenters. The average Bonchev–Trinajstić information content (AvgIpc) is 2.61. The Bertz CT molecular complexity index is 1080. The third-order valence-corrected chi connectivity index (χ3v) is 4.91. The highest BCUT2D eigenvalue weighted by molar-refractivity contribution is 7.17. The second kappa shape index (κ2) is 7.15. The molecule has 0 aliphatic carbocycles. The van der Waals surface area contributed by atoms with Crippen molar-refractivity contribution in [3.8, 4) is 16.9 Å². The summed E-state index contributed by atoms with van der Waals surface area (Å²) in [5, 5.41) is 21.8. The summed E-state index contributed by atoms with van der Waals surface area (Å²) in [6.07, 6.45) is 0. The van der Waals surface area contributed by atoms with E-state index in [2.05, 4.69) is 5.32 Å². The van der Waals surface area contributed by atoms with E-state index in [0.717, 1.165) is 16.9 Å². The van der Waals surface area contributed by atoms with Crippen LogP contribution in [0.3, 0.4) is 0 Å². The summed E-state index contributed by atoms with van der Waals surface area (Å²) in [5.41, 5.74) is 0.964. The number of benzene rings is 2. The number of nitrogens with one attached hydrogen (secondary N) is 1. The third-order valence-electron chi connectivity index (χ3n) is 3.66. The van der Waals surface area contributed by atoms with Crippen molar-refractivity contribution in [2.24, 2.45) is 0 Å². The zero-order valence-corrected chi connectivity index (χ0v) is 14.7. The summed E-state index contributed by atoms with van der Waals surface area (Å²) in [5.74, 6) is -2.73. The Balaban J connectivity index is 2.23. The molecular weight excluding hydrogens is 378 g/mol. The monoisotopic (exact) mass is 389 g/mol. The molecule has 0 fully saturated rings. The predicted octanol–water partition coefficient (Wildman–Crippen LogP) is 3.10. The number of hydrogen-bond acceptors (Lipinski definition) is 5. The highest BCUT2D eigenvalue weighted by Crippen LogP contribution is 2.38. The molecule has 1 amide bonds. The second-order valence-electron chi connectivity index (χ2n) is 5.39. The molecule has 2 aromatic carbocycles. The molecule has 6 nitrogen and oxygen atoms in total. The smallest absolute Gasteiger partial charge is 0.322 e. The van der Waals surface area contributed by atoms with Gasteiger partial charge in [-0.05, 0) is 17.7 Å². The Morgan fingerprint density at radius 1 is 1.15 bits per heavy atom. The zero-order chi connectivity index (χ0) is 18.8. The van der Waals surface area contributed by atoms with E-state index in [1.54, 1.807) is 6.07 Å². The van der Waals surface area contributed by atoms with Crippen molar-refractivity contribution in [2.45, 2.75) is 0 Å². The summed E-state index contributed by atoms with van der Waals surface area (Å²) in [7, 11) is 0. The molecule has 0 aliphatic rings. The van der Waals surface area contributed by atoms with Gasteiger partial charge in [0.25, 0.3) is 5.91 Å². The maximum Gasteiger partial charge on any atom is 0.322 e. The second-order valence-corrected chi connectivity index (χ2v) is 6.81. The SMILES string of the molecule is O=C(O)CNC(=O)c1c(O)c2cc(Cl)cc(-c3ccccc3)c2sc1=O. The molecule has 0 bridgehead atoms. The van der Waals surface area contributed by atoms with E-state index in [1.165, 1.54) is 6.07 Å². The van der Waals surface area contributed by atoms with Crippen molar-refractivity contribution in [1.29, 1.82) is 0 Å². The van der Waals surface area contributed by atoms with Gasteiger partial charge in [0.05, 0.1) is 0 Å². The van der Waals surface area contributed by atoms with E-state index in [4.69, 9.17) is 16.7 Å². The molecule has 3 rings (SSSR count). The molecule has 8 heteroatoms. The van der Waals surface area contributed by atoms with Gasteiger partial charge in [-0.15, -0.1) is 0 Å². The highest BCUT2D eigenvalue weighted by Gasteiger charge is 2.22. The minimum absolute atomic E-state index is 0.251. The standard InChI is InChI=1S/C18H12ClNO5S/c19-10-6-11(9-4-2-1-3-5-9)16-12(7-10)15(23)14(18(25)26-16)17(24)20-8-13(21)22/h1-7,23H,8H2,(H,20,24)(H,21,22). The van der Waals surface area contributed by atoms with Crippen LogP contribution >= 0.6 is 22.9 Å². The molecule has 3 N–H and O–H groups in total. The fourth-order valence-corrected chi connectivity index (χ4v) is 3.78. The van der Waals surface area contributed by atoms with Gasteiger partial charge in [0.15, 0.2) is 0 Å². The first-order chi connectivity index (χ1) is 12.4. The number of aromatic hydroxyl groups is 1. The first-order valence-corrected chi connectivity index (χ1v) is 8.62. The van der Waals surface area contributed by atoms with Crippen molar-refractivity contribution >= 4 is 44.9 Å². The predicted molar refractivity (Wildman–Crippen MR) is 100 cm³/mol. The van der Waals surface area contributed by atoms with E-state index in [0.29, 0.717) is 15.3 Å². The van der Waals surface area contributed by atoms with Crippen LogP contribution in [0.15, 0.2) is 47.3 Å². The summed E-state index contributed by atoms with van der Waals surface area (Å²) in [4.78, 5) is 35.1. The van der Waals surface area contributed by atoms with Crippen molar-refractivity contribution in [1.82, 2.24) is 5.32 Å². The lowest BCUT2D eigenvalue weighted by molar-refractivity contribution is -0.135. The molecule has 0 radical (unpaired) electrons. The van der Waals surface area contributed by atoms with Gasteiger partial charge in [-0.25, -0.2) is 0 Å². The Labute approximate surface area is 156 Å². The van der Waals surface area contributed by atoms with E-state index in [9.17, 15) is 19.5 Å². The third kappa shape index (κ3) is 3.40. The molecule has 0 saturated heterocycles. The summed E-state index contributed by atoms with van der Waals surface area (Å²) >= 11 is 6.95. The quantitative estimate of drug-likeness (QED) is 0.636. The molecular formula is C18H12ClNO5S. The highest BCUT2D eigenvalue weighted by atomic mass is 35.5. The lowest BCUT2D eigenvalue weighted by Crippen LogP contribution is -2.32. The van der Waals surface area contributed by atoms with Crippen LogP contribution in [0, 0.1) is 0 Å². The number of halogens is 1. The van der Waals surface area contributed by atoms with Gasteiger partial charge in [-0.2, -0.15) is 0 Å². The fraction of sp³-hybridized carbons (Fsp3) is 0.0556. The summed E-state index contributed by atoms with van der Waals surface area (Å²) in [6.45, 7) is -0.661. The van der Waals surface area contributed by atoms with Gasteiger partial charge >= 0.3 is 5.97 Å². The van der Waals surface area contributed by atoms with Crippen LogP contribution in [0.25, 0.3) is 21.2 Å². The molecule has 1 aromatic heterocycles. The normalized spacial score (nSPS) is 10.7. The topological polar surface area (TPSA) is 104 Å². The number of rotatable bonds is 4. The molecule has 0 atom stereocenters. The average molecular weight is 390 g/mol. The number of carbonyl (C=O) groups excluding carboxylic acids is 1. The van der Waals surface area contributed by atoms with Crippen LogP contribution in [0.2, 0.25) is 5.02 Å². The molecule has 0 spiro atoms. The number of aliphatic carboxylic acids is 1. The summed E-state index contributed by atoms with van der Waals surface area (Å²) < 4.78 is -0.185. The number of carboxylic acid groups (broad SMARTS) is 1. The van der Waals surface area contributed by atoms with Crippen LogP contribution < -0.4 is 10.1 Å². The number of hydrogen-bond donors (Lipinski definition) is 3. The van der Waals surface area contributed by atoms with Gasteiger partial charge in [0.1, 0.15) is 17.9 Å². The van der Waals surface area contributed by atoms with E-state index < -0.39 is 34.5 Å². The van der Waals surface area contributed by atoms with Crippen molar-refractivity contribution in [2.75, 3.05) is 6.54 Å².